The molecule has 0 heterocycles. The Labute approximate surface area is 200 Å². The van der Waals surface area contributed by atoms with Crippen molar-refractivity contribution in [2.75, 3.05) is 0 Å². The number of fused-ring (bicyclic) bond motifs is 1. The largest absolute Gasteiger partial charge is 0.334 e. The zero-order chi connectivity index (χ0) is 23.5. The Morgan fingerprint density at radius 3 is 2.06 bits per heavy atom. The lowest BCUT2D eigenvalue weighted by Crippen LogP contribution is -2.41. The van der Waals surface area contributed by atoms with Gasteiger partial charge >= 0.3 is 0 Å². The molecule has 4 aromatic carbocycles. The van der Waals surface area contributed by atoms with Crippen LogP contribution in [-0.2, 0) is 30.6 Å². The normalized spacial score (nSPS) is 13.0. The monoisotopic (exact) mass is 449 g/mol. The molecule has 0 spiro atoms. The van der Waals surface area contributed by atoms with Gasteiger partial charge in [-0.05, 0) is 53.6 Å². The summed E-state index contributed by atoms with van der Waals surface area (Å²) in [4.78, 5) is 15.7. The van der Waals surface area contributed by atoms with E-state index in [2.05, 4.69) is 49.4 Å². The number of carbonyl (C=O) groups excluding carboxylic acids is 1. The molecule has 1 aliphatic carbocycles. The number of carbonyl (C=O) groups is 1. The molecular formula is C31H28FNO. The van der Waals surface area contributed by atoms with Gasteiger partial charge in [-0.3, -0.25) is 4.79 Å². The van der Waals surface area contributed by atoms with Crippen molar-refractivity contribution in [3.8, 4) is 11.1 Å². The number of aryl methyl sites for hydroxylation is 1. The van der Waals surface area contributed by atoms with Crippen molar-refractivity contribution in [2.24, 2.45) is 0 Å². The third kappa shape index (κ3) is 4.65. The fraction of sp³-hybridized carbons (Fsp3) is 0.194. The molecule has 1 aliphatic rings. The molecule has 0 fully saturated rings. The summed E-state index contributed by atoms with van der Waals surface area (Å²) >= 11 is 0. The number of amides is 1. The van der Waals surface area contributed by atoms with E-state index in [1.54, 1.807) is 12.1 Å². The van der Waals surface area contributed by atoms with Gasteiger partial charge in [-0.15, -0.1) is 0 Å². The predicted molar refractivity (Wildman–Crippen MR) is 135 cm³/mol. The number of hydrogen-bond acceptors (Lipinski definition) is 1. The van der Waals surface area contributed by atoms with Crippen molar-refractivity contribution in [1.29, 1.82) is 0 Å². The Hall–Kier alpha value is -3.72. The molecule has 0 unspecified atom stereocenters. The molecule has 3 heteroatoms. The second kappa shape index (κ2) is 9.64. The van der Waals surface area contributed by atoms with Gasteiger partial charge in [0.1, 0.15) is 5.82 Å². The highest BCUT2D eigenvalue weighted by molar-refractivity contribution is 5.82. The van der Waals surface area contributed by atoms with Gasteiger partial charge in [0.2, 0.25) is 5.91 Å². The van der Waals surface area contributed by atoms with E-state index in [0.717, 1.165) is 29.5 Å². The third-order valence-electron chi connectivity index (χ3n) is 6.81. The summed E-state index contributed by atoms with van der Waals surface area (Å²) in [7, 11) is 0. The highest BCUT2D eigenvalue weighted by Crippen LogP contribution is 2.29. The smallest absolute Gasteiger partial charge is 0.227 e. The molecule has 0 aliphatic heterocycles. The van der Waals surface area contributed by atoms with Crippen molar-refractivity contribution in [2.45, 2.75) is 38.8 Å². The lowest BCUT2D eigenvalue weighted by molar-refractivity contribution is -0.133. The van der Waals surface area contributed by atoms with Crippen molar-refractivity contribution in [3.05, 3.63) is 131 Å². The highest BCUT2D eigenvalue weighted by Gasteiger charge is 2.30. The van der Waals surface area contributed by atoms with Gasteiger partial charge in [0.25, 0.3) is 0 Å². The first kappa shape index (κ1) is 22.1. The summed E-state index contributed by atoms with van der Waals surface area (Å²) in [6.07, 6.45) is 1.89. The second-order valence-corrected chi connectivity index (χ2v) is 9.14. The standard InChI is InChI=1S/C31H28FNO/c1-22-14-16-23(17-15-22)29-12-6-4-10-26(29)20-31(34)33(21-27-11-5-7-13-30(27)32)28-18-24-8-2-3-9-25(24)19-28/h2-17,28H,18-21H2,1H3. The van der Waals surface area contributed by atoms with Crippen LogP contribution < -0.4 is 0 Å². The molecule has 0 saturated carbocycles. The number of benzene rings is 4. The molecular weight excluding hydrogens is 421 g/mol. The Morgan fingerprint density at radius 2 is 1.38 bits per heavy atom. The number of halogens is 1. The topological polar surface area (TPSA) is 20.3 Å². The average molecular weight is 450 g/mol. The van der Waals surface area contributed by atoms with Crippen molar-refractivity contribution >= 4 is 5.91 Å². The van der Waals surface area contributed by atoms with E-state index in [1.165, 1.54) is 22.8 Å². The van der Waals surface area contributed by atoms with E-state index < -0.39 is 0 Å². The molecule has 1 amide bonds. The molecule has 34 heavy (non-hydrogen) atoms. The highest BCUT2D eigenvalue weighted by atomic mass is 19.1. The zero-order valence-electron chi connectivity index (χ0n) is 19.4. The maximum Gasteiger partial charge on any atom is 0.227 e. The van der Waals surface area contributed by atoms with Crippen LogP contribution in [0.25, 0.3) is 11.1 Å². The number of rotatable bonds is 6. The summed E-state index contributed by atoms with van der Waals surface area (Å²) in [5.74, 6) is -0.239. The van der Waals surface area contributed by atoms with Gasteiger partial charge in [-0.25, -0.2) is 4.39 Å². The van der Waals surface area contributed by atoms with Gasteiger partial charge in [0.15, 0.2) is 0 Å². The van der Waals surface area contributed by atoms with Crippen LogP contribution in [-0.4, -0.2) is 16.8 Å². The van der Waals surface area contributed by atoms with Gasteiger partial charge in [-0.2, -0.15) is 0 Å². The van der Waals surface area contributed by atoms with Crippen molar-refractivity contribution in [3.63, 3.8) is 0 Å². The third-order valence-corrected chi connectivity index (χ3v) is 6.81. The molecule has 0 N–H and O–H groups in total. The molecule has 0 saturated heterocycles. The molecule has 0 atom stereocenters. The maximum atomic E-state index is 14.6. The lowest BCUT2D eigenvalue weighted by Gasteiger charge is -2.30. The van der Waals surface area contributed by atoms with Crippen LogP contribution in [0.2, 0.25) is 0 Å². The van der Waals surface area contributed by atoms with E-state index in [9.17, 15) is 9.18 Å². The summed E-state index contributed by atoms with van der Waals surface area (Å²) in [6, 6.07) is 31.6. The summed E-state index contributed by atoms with van der Waals surface area (Å²) < 4.78 is 14.6. The van der Waals surface area contributed by atoms with Crippen LogP contribution in [0.5, 0.6) is 0 Å². The average Bonchev–Trinajstić information content (AvgIpc) is 3.28. The summed E-state index contributed by atoms with van der Waals surface area (Å²) in [5, 5.41) is 0. The van der Waals surface area contributed by atoms with Crippen LogP contribution in [0.4, 0.5) is 4.39 Å². The van der Waals surface area contributed by atoms with Gasteiger partial charge in [0, 0.05) is 18.2 Å². The number of nitrogens with zero attached hydrogens (tertiary/aromatic N) is 1. The Kier molecular flexibility index (Phi) is 6.27. The molecule has 0 aromatic heterocycles. The maximum absolute atomic E-state index is 14.6. The summed E-state index contributed by atoms with van der Waals surface area (Å²) in [6.45, 7) is 2.34. The molecule has 170 valence electrons. The Balaban J connectivity index is 1.45. The lowest BCUT2D eigenvalue weighted by atomic mass is 9.96. The van der Waals surface area contributed by atoms with Crippen LogP contribution in [0.1, 0.15) is 27.8 Å². The SMILES string of the molecule is Cc1ccc(-c2ccccc2CC(=O)N(Cc2ccccc2F)C2Cc3ccccc3C2)cc1. The quantitative estimate of drug-likeness (QED) is 0.327. The Bertz CT molecular complexity index is 1290. The van der Waals surface area contributed by atoms with Gasteiger partial charge in [0.05, 0.1) is 6.42 Å². The van der Waals surface area contributed by atoms with Gasteiger partial charge < -0.3 is 4.90 Å². The van der Waals surface area contributed by atoms with E-state index >= 15 is 0 Å². The minimum absolute atomic E-state index is 0.0241. The van der Waals surface area contributed by atoms with Crippen LogP contribution in [0, 0.1) is 12.7 Å². The van der Waals surface area contributed by atoms with Crippen molar-refractivity contribution in [1.82, 2.24) is 4.90 Å². The minimum atomic E-state index is -0.268. The molecule has 0 bridgehead atoms. The first-order chi connectivity index (χ1) is 16.6. The first-order valence-electron chi connectivity index (χ1n) is 11.8. The molecule has 0 radical (unpaired) electrons. The Morgan fingerprint density at radius 1 is 0.794 bits per heavy atom. The first-order valence-corrected chi connectivity index (χ1v) is 11.8. The molecule has 2 nitrogen and oxygen atoms in total. The number of hydrogen-bond donors (Lipinski definition) is 0. The summed E-state index contributed by atoms with van der Waals surface area (Å²) in [5.41, 5.74) is 7.47. The van der Waals surface area contributed by atoms with Crippen LogP contribution >= 0.6 is 0 Å². The minimum Gasteiger partial charge on any atom is -0.334 e. The van der Waals surface area contributed by atoms with Crippen LogP contribution in [0.15, 0.2) is 97.1 Å². The van der Waals surface area contributed by atoms with E-state index in [0.29, 0.717) is 5.56 Å². The predicted octanol–water partition coefficient (Wildman–Crippen LogP) is 6.54. The van der Waals surface area contributed by atoms with E-state index in [-0.39, 0.29) is 30.7 Å². The molecule has 5 rings (SSSR count). The van der Waals surface area contributed by atoms with E-state index in [1.807, 2.05) is 41.3 Å². The molecule has 4 aromatic rings. The van der Waals surface area contributed by atoms with E-state index in [4.69, 9.17) is 0 Å². The van der Waals surface area contributed by atoms with Crippen molar-refractivity contribution < 1.29 is 9.18 Å². The zero-order valence-corrected chi connectivity index (χ0v) is 19.4. The van der Waals surface area contributed by atoms with Gasteiger partial charge in [-0.1, -0.05) is 96.6 Å². The second-order valence-electron chi connectivity index (χ2n) is 9.14. The van der Waals surface area contributed by atoms with Crippen LogP contribution in [0.3, 0.4) is 0 Å². The fourth-order valence-electron chi connectivity index (χ4n) is 4.94. The fourth-order valence-corrected chi connectivity index (χ4v) is 4.94.